The maximum Gasteiger partial charge on any atom is 0.280 e. The Bertz CT molecular complexity index is 1000. The van der Waals surface area contributed by atoms with Gasteiger partial charge in [0.2, 0.25) is 0 Å². The van der Waals surface area contributed by atoms with Crippen LogP contribution in [0.1, 0.15) is 27.2 Å². The number of hydrogen-bond acceptors (Lipinski definition) is 5. The van der Waals surface area contributed by atoms with Crippen LogP contribution in [0.3, 0.4) is 0 Å². The lowest BCUT2D eigenvalue weighted by Gasteiger charge is -2.09. The minimum Gasteiger partial charge on any atom is -0.496 e. The second-order valence-electron chi connectivity index (χ2n) is 6.22. The second-order valence-corrected chi connectivity index (χ2v) is 7.08. The minimum absolute atomic E-state index is 0.0996. The highest BCUT2D eigenvalue weighted by Crippen LogP contribution is 2.26. The van der Waals surface area contributed by atoms with Crippen molar-refractivity contribution in [2.24, 2.45) is 0 Å². The molecule has 0 atom stereocenters. The Labute approximate surface area is 165 Å². The summed E-state index contributed by atoms with van der Waals surface area (Å²) in [6.07, 6.45) is 0. The van der Waals surface area contributed by atoms with Gasteiger partial charge in [-0.2, -0.15) is 0 Å². The van der Waals surface area contributed by atoms with Crippen molar-refractivity contribution >= 4 is 33.3 Å². The van der Waals surface area contributed by atoms with E-state index >= 15 is 0 Å². The molecule has 0 saturated heterocycles. The van der Waals surface area contributed by atoms with Crippen LogP contribution in [0.25, 0.3) is 0 Å². The van der Waals surface area contributed by atoms with Crippen LogP contribution in [0, 0.1) is 13.8 Å². The van der Waals surface area contributed by atoms with Crippen LogP contribution in [0.5, 0.6) is 5.75 Å². The number of hydrogen-bond donors (Lipinski definition) is 2. The van der Waals surface area contributed by atoms with Gasteiger partial charge in [-0.1, -0.05) is 29.0 Å². The van der Waals surface area contributed by atoms with E-state index in [4.69, 9.17) is 10.5 Å². The standard InChI is InChI=1S/C19H20BrN5O2/c1-11-4-6-15(12(2)8-11)22-19(26)17-18(21)25(24-23-17)10-13-5-7-16(27-3)14(20)9-13/h4-9H,10,21H2,1-3H3,(H,22,26). The van der Waals surface area contributed by atoms with E-state index in [2.05, 4.69) is 31.6 Å². The smallest absolute Gasteiger partial charge is 0.280 e. The molecule has 1 heterocycles. The Morgan fingerprint density at radius 1 is 1.26 bits per heavy atom. The summed E-state index contributed by atoms with van der Waals surface area (Å²) in [4.78, 5) is 12.5. The van der Waals surface area contributed by atoms with E-state index in [0.29, 0.717) is 6.54 Å². The zero-order chi connectivity index (χ0) is 19.6. The van der Waals surface area contributed by atoms with E-state index < -0.39 is 0 Å². The molecule has 0 radical (unpaired) electrons. The SMILES string of the molecule is COc1ccc(Cn2nnc(C(=O)Nc3ccc(C)cc3C)c2N)cc1Br. The van der Waals surface area contributed by atoms with Crippen molar-refractivity contribution in [2.45, 2.75) is 20.4 Å². The van der Waals surface area contributed by atoms with Gasteiger partial charge in [-0.15, -0.1) is 5.10 Å². The molecular formula is C19H20BrN5O2. The first-order valence-corrected chi connectivity index (χ1v) is 9.08. The van der Waals surface area contributed by atoms with Crippen LogP contribution in [0.4, 0.5) is 11.5 Å². The summed E-state index contributed by atoms with van der Waals surface area (Å²) in [5.74, 6) is 0.560. The fourth-order valence-electron chi connectivity index (χ4n) is 2.72. The number of ether oxygens (including phenoxy) is 1. The molecule has 0 saturated carbocycles. The van der Waals surface area contributed by atoms with Gasteiger partial charge < -0.3 is 15.8 Å². The average Bonchev–Trinajstić information content (AvgIpc) is 2.98. The minimum atomic E-state index is -0.387. The highest BCUT2D eigenvalue weighted by Gasteiger charge is 2.18. The molecule has 7 nitrogen and oxygen atoms in total. The van der Waals surface area contributed by atoms with E-state index in [0.717, 1.165) is 32.6 Å². The number of amides is 1. The topological polar surface area (TPSA) is 95.1 Å². The van der Waals surface area contributed by atoms with Crippen molar-refractivity contribution in [3.63, 3.8) is 0 Å². The number of rotatable bonds is 5. The lowest BCUT2D eigenvalue weighted by molar-refractivity contribution is 0.102. The zero-order valence-corrected chi connectivity index (χ0v) is 16.9. The number of carbonyl (C=O) groups is 1. The molecule has 2 aromatic carbocycles. The van der Waals surface area contributed by atoms with Gasteiger partial charge in [-0.05, 0) is 59.1 Å². The van der Waals surface area contributed by atoms with Crippen molar-refractivity contribution in [3.8, 4) is 5.75 Å². The summed E-state index contributed by atoms with van der Waals surface area (Å²) in [6.45, 7) is 4.32. The van der Waals surface area contributed by atoms with Crippen molar-refractivity contribution < 1.29 is 9.53 Å². The Balaban J connectivity index is 1.78. The van der Waals surface area contributed by atoms with Crippen molar-refractivity contribution in [1.82, 2.24) is 15.0 Å². The molecule has 0 spiro atoms. The number of carbonyl (C=O) groups excluding carboxylic acids is 1. The van der Waals surface area contributed by atoms with E-state index in [1.54, 1.807) is 7.11 Å². The molecule has 0 unspecified atom stereocenters. The van der Waals surface area contributed by atoms with E-state index in [-0.39, 0.29) is 17.4 Å². The molecule has 140 valence electrons. The number of aromatic nitrogens is 3. The quantitative estimate of drug-likeness (QED) is 0.646. The summed E-state index contributed by atoms with van der Waals surface area (Å²) in [7, 11) is 1.61. The average molecular weight is 430 g/mol. The first-order valence-electron chi connectivity index (χ1n) is 8.29. The third kappa shape index (κ3) is 4.11. The van der Waals surface area contributed by atoms with Crippen molar-refractivity contribution in [1.29, 1.82) is 0 Å². The number of methoxy groups -OCH3 is 1. The second kappa shape index (κ2) is 7.79. The molecule has 8 heteroatoms. The zero-order valence-electron chi connectivity index (χ0n) is 15.3. The first-order chi connectivity index (χ1) is 12.9. The van der Waals surface area contributed by atoms with Crippen LogP contribution in [0.2, 0.25) is 0 Å². The molecule has 3 aromatic rings. The Hall–Kier alpha value is -2.87. The summed E-state index contributed by atoms with van der Waals surface area (Å²) < 4.78 is 7.54. The fourth-order valence-corrected chi connectivity index (χ4v) is 3.30. The lowest BCUT2D eigenvalue weighted by Crippen LogP contribution is -2.16. The van der Waals surface area contributed by atoms with Gasteiger partial charge in [0.15, 0.2) is 11.5 Å². The number of aryl methyl sites for hydroxylation is 2. The van der Waals surface area contributed by atoms with Crippen molar-refractivity contribution in [2.75, 3.05) is 18.2 Å². The van der Waals surface area contributed by atoms with Crippen LogP contribution >= 0.6 is 15.9 Å². The van der Waals surface area contributed by atoms with Crippen LogP contribution in [-0.4, -0.2) is 28.0 Å². The molecule has 3 rings (SSSR count). The van der Waals surface area contributed by atoms with Gasteiger partial charge in [-0.3, -0.25) is 4.79 Å². The Morgan fingerprint density at radius 3 is 2.70 bits per heavy atom. The van der Waals surface area contributed by atoms with Gasteiger partial charge in [0.1, 0.15) is 5.75 Å². The summed E-state index contributed by atoms with van der Waals surface area (Å²) in [5, 5.41) is 10.8. The van der Waals surface area contributed by atoms with Crippen LogP contribution < -0.4 is 15.8 Å². The Kier molecular flexibility index (Phi) is 5.46. The van der Waals surface area contributed by atoms with E-state index in [1.807, 2.05) is 50.2 Å². The highest BCUT2D eigenvalue weighted by atomic mass is 79.9. The summed E-state index contributed by atoms with van der Waals surface area (Å²) in [5.41, 5.74) is 9.96. The van der Waals surface area contributed by atoms with Gasteiger partial charge in [-0.25, -0.2) is 4.68 Å². The van der Waals surface area contributed by atoms with Crippen LogP contribution in [0.15, 0.2) is 40.9 Å². The monoisotopic (exact) mass is 429 g/mol. The number of nitrogen functional groups attached to an aromatic ring is 1. The number of nitrogens with two attached hydrogens (primary N) is 1. The number of benzene rings is 2. The molecule has 0 bridgehead atoms. The summed E-state index contributed by atoms with van der Waals surface area (Å²) >= 11 is 3.45. The maximum atomic E-state index is 12.5. The van der Waals surface area contributed by atoms with Gasteiger partial charge in [0.05, 0.1) is 18.1 Å². The number of nitrogens with one attached hydrogen (secondary N) is 1. The normalized spacial score (nSPS) is 10.7. The van der Waals surface area contributed by atoms with E-state index in [9.17, 15) is 4.79 Å². The predicted octanol–water partition coefficient (Wildman–Crippen LogP) is 3.55. The number of anilines is 2. The van der Waals surface area contributed by atoms with Gasteiger partial charge in [0.25, 0.3) is 5.91 Å². The summed E-state index contributed by atoms with van der Waals surface area (Å²) in [6, 6.07) is 11.5. The highest BCUT2D eigenvalue weighted by molar-refractivity contribution is 9.10. The number of halogens is 1. The molecule has 1 aromatic heterocycles. The molecule has 0 aliphatic rings. The molecule has 0 fully saturated rings. The Morgan fingerprint density at radius 2 is 2.04 bits per heavy atom. The molecule has 0 aliphatic carbocycles. The van der Waals surface area contributed by atoms with Crippen molar-refractivity contribution in [3.05, 3.63) is 63.3 Å². The molecular weight excluding hydrogens is 410 g/mol. The predicted molar refractivity (Wildman–Crippen MR) is 108 cm³/mol. The third-order valence-corrected chi connectivity index (χ3v) is 4.79. The lowest BCUT2D eigenvalue weighted by atomic mass is 10.1. The third-order valence-electron chi connectivity index (χ3n) is 4.17. The first kappa shape index (κ1) is 18.9. The molecule has 0 aliphatic heterocycles. The maximum absolute atomic E-state index is 12.5. The number of nitrogens with zero attached hydrogens (tertiary/aromatic N) is 3. The molecule has 27 heavy (non-hydrogen) atoms. The molecule has 3 N–H and O–H groups in total. The van der Waals surface area contributed by atoms with Gasteiger partial charge in [0, 0.05) is 5.69 Å². The van der Waals surface area contributed by atoms with Gasteiger partial charge >= 0.3 is 0 Å². The fraction of sp³-hybridized carbons (Fsp3) is 0.211. The molecule has 1 amide bonds. The van der Waals surface area contributed by atoms with E-state index in [1.165, 1.54) is 4.68 Å². The largest absolute Gasteiger partial charge is 0.496 e. The van der Waals surface area contributed by atoms with Crippen LogP contribution in [-0.2, 0) is 6.54 Å².